The van der Waals surface area contributed by atoms with Crippen LogP contribution in [-0.2, 0) is 11.3 Å². The number of methoxy groups -OCH3 is 1. The van der Waals surface area contributed by atoms with Crippen LogP contribution in [0.2, 0.25) is 0 Å². The molecule has 10 heteroatoms. The minimum absolute atomic E-state index is 0.181. The lowest BCUT2D eigenvalue weighted by atomic mass is 10.1. The summed E-state index contributed by atoms with van der Waals surface area (Å²) >= 11 is 0. The number of hydrogen-bond acceptors (Lipinski definition) is 8. The second-order valence-corrected chi connectivity index (χ2v) is 10.7. The van der Waals surface area contributed by atoms with E-state index < -0.39 is 0 Å². The van der Waals surface area contributed by atoms with Crippen LogP contribution in [0.3, 0.4) is 0 Å². The molecule has 0 aliphatic heterocycles. The van der Waals surface area contributed by atoms with Gasteiger partial charge in [-0.1, -0.05) is 32.4 Å². The Morgan fingerprint density at radius 1 is 1.07 bits per heavy atom. The van der Waals surface area contributed by atoms with Gasteiger partial charge in [-0.05, 0) is 51.2 Å². The maximum Gasteiger partial charge on any atom is 0.248 e. The van der Waals surface area contributed by atoms with Gasteiger partial charge in [-0.25, -0.2) is 9.97 Å². The minimum Gasteiger partial charge on any atom is -0.494 e. The van der Waals surface area contributed by atoms with E-state index >= 15 is 0 Å². The highest BCUT2D eigenvalue weighted by molar-refractivity contribution is 6.02. The quantitative estimate of drug-likeness (QED) is 0.195. The third-order valence-electron chi connectivity index (χ3n) is 7.26. The second-order valence-electron chi connectivity index (χ2n) is 10.7. The van der Waals surface area contributed by atoms with Gasteiger partial charge in [0, 0.05) is 49.8 Å². The highest BCUT2D eigenvalue weighted by atomic mass is 16.5. The number of benzene rings is 2. The van der Waals surface area contributed by atoms with E-state index in [2.05, 4.69) is 68.4 Å². The third kappa shape index (κ3) is 7.44. The van der Waals surface area contributed by atoms with Crippen LogP contribution in [-0.4, -0.2) is 71.9 Å². The van der Waals surface area contributed by atoms with Crippen molar-refractivity contribution in [1.82, 2.24) is 24.6 Å². The molecule has 0 aliphatic carbocycles. The van der Waals surface area contributed by atoms with Crippen LogP contribution in [0, 0.1) is 5.92 Å². The molecule has 4 rings (SSSR count). The monoisotopic (exact) mass is 570 g/mol. The number of allylic oxidation sites excluding steroid dienone is 1. The lowest BCUT2D eigenvalue weighted by Gasteiger charge is -2.26. The van der Waals surface area contributed by atoms with Gasteiger partial charge in [0.05, 0.1) is 41.6 Å². The van der Waals surface area contributed by atoms with E-state index in [1.165, 1.54) is 6.33 Å². The molecule has 2 aromatic carbocycles. The Bertz CT molecular complexity index is 1550. The molecule has 0 fully saturated rings. The number of anilines is 4. The summed E-state index contributed by atoms with van der Waals surface area (Å²) in [7, 11) is 7.72. The zero-order valence-corrected chi connectivity index (χ0v) is 25.7. The zero-order chi connectivity index (χ0) is 30.2. The predicted octanol–water partition coefficient (Wildman–Crippen LogP) is 5.80. The van der Waals surface area contributed by atoms with Crippen molar-refractivity contribution in [3.63, 3.8) is 0 Å². The van der Waals surface area contributed by atoms with E-state index in [1.54, 1.807) is 13.2 Å². The average Bonchev–Trinajstić information content (AvgIpc) is 3.41. The zero-order valence-electron chi connectivity index (χ0n) is 25.7. The SMILES string of the molecule is CCC(C)/C=C/C(=O)Nc1cc(Nc2cc(-c3ccc4c(cnn4CC)c3)ncn2)c(OC)cc1N(C)CCN(C)C. The minimum atomic E-state index is -0.181. The largest absolute Gasteiger partial charge is 0.494 e. The van der Waals surface area contributed by atoms with Gasteiger partial charge >= 0.3 is 0 Å². The molecule has 42 heavy (non-hydrogen) atoms. The molecule has 10 nitrogen and oxygen atoms in total. The van der Waals surface area contributed by atoms with Gasteiger partial charge in [0.2, 0.25) is 5.91 Å². The predicted molar refractivity (Wildman–Crippen MR) is 172 cm³/mol. The van der Waals surface area contributed by atoms with E-state index in [0.29, 0.717) is 28.9 Å². The molecule has 0 saturated carbocycles. The molecule has 0 aliphatic rings. The maximum absolute atomic E-state index is 12.9. The van der Waals surface area contributed by atoms with Gasteiger partial charge < -0.3 is 25.2 Å². The van der Waals surface area contributed by atoms with Crippen molar-refractivity contribution in [2.24, 2.45) is 5.92 Å². The van der Waals surface area contributed by atoms with Crippen LogP contribution in [0.4, 0.5) is 22.9 Å². The highest BCUT2D eigenvalue weighted by Crippen LogP contribution is 2.38. The summed E-state index contributed by atoms with van der Waals surface area (Å²) in [6.07, 6.45) is 7.91. The lowest BCUT2D eigenvalue weighted by molar-refractivity contribution is -0.111. The first-order chi connectivity index (χ1) is 20.2. The molecule has 222 valence electrons. The van der Waals surface area contributed by atoms with E-state index in [-0.39, 0.29) is 5.91 Å². The van der Waals surface area contributed by atoms with Crippen molar-refractivity contribution < 1.29 is 9.53 Å². The lowest BCUT2D eigenvalue weighted by Crippen LogP contribution is -2.29. The number of aryl methyl sites for hydroxylation is 1. The Morgan fingerprint density at radius 2 is 1.88 bits per heavy atom. The Hall–Kier alpha value is -4.44. The normalized spacial score (nSPS) is 12.2. The molecular formula is C32H42N8O2. The van der Waals surface area contributed by atoms with Gasteiger partial charge in [0.25, 0.3) is 0 Å². The Kier molecular flexibility index (Phi) is 10.1. The van der Waals surface area contributed by atoms with E-state index in [4.69, 9.17) is 4.74 Å². The Labute approximate surface area is 248 Å². The number of aromatic nitrogens is 4. The Morgan fingerprint density at radius 3 is 2.60 bits per heavy atom. The third-order valence-corrected chi connectivity index (χ3v) is 7.26. The number of hydrogen-bond donors (Lipinski definition) is 2. The summed E-state index contributed by atoms with van der Waals surface area (Å²) in [5.41, 5.74) is 5.03. The summed E-state index contributed by atoms with van der Waals surface area (Å²) in [4.78, 5) is 26.1. The molecule has 2 N–H and O–H groups in total. The number of ether oxygens (including phenoxy) is 1. The van der Waals surface area contributed by atoms with E-state index in [9.17, 15) is 4.79 Å². The number of carbonyl (C=O) groups is 1. The molecule has 1 amide bonds. The number of nitrogens with one attached hydrogen (secondary N) is 2. The van der Waals surface area contributed by atoms with Crippen molar-refractivity contribution in [1.29, 1.82) is 0 Å². The molecule has 0 spiro atoms. The summed E-state index contributed by atoms with van der Waals surface area (Å²) in [5.74, 6) is 1.37. The number of rotatable bonds is 13. The summed E-state index contributed by atoms with van der Waals surface area (Å²) in [5, 5.41) is 12.0. The number of carbonyl (C=O) groups excluding carboxylic acids is 1. The maximum atomic E-state index is 12.9. The topological polar surface area (TPSA) is 100 Å². The Balaban J connectivity index is 1.66. The van der Waals surface area contributed by atoms with Crippen LogP contribution < -0.4 is 20.3 Å². The standard InChI is InChI=1S/C32H42N8O2/c1-8-22(3)10-13-32(41)37-26-17-27(30(42-7)19-29(26)39(6)15-14-38(4)5)36-31-18-25(33-21-34-31)23-11-12-28-24(16-23)20-35-40(28)9-2/h10-13,16-22H,8-9,14-15H2,1-7H3,(H,37,41)(H,33,34,36)/b13-10+. The van der Waals surface area contributed by atoms with E-state index in [1.807, 2.05) is 62.4 Å². The van der Waals surface area contributed by atoms with E-state index in [0.717, 1.165) is 53.9 Å². The fraction of sp³-hybridized carbons (Fsp3) is 0.375. The number of likely N-dealkylation sites (N-methyl/N-ethyl adjacent to an activating group) is 2. The van der Waals surface area contributed by atoms with Crippen LogP contribution in [0.5, 0.6) is 5.75 Å². The highest BCUT2D eigenvalue weighted by Gasteiger charge is 2.17. The molecule has 0 saturated heterocycles. The second kappa shape index (κ2) is 14.0. The fourth-order valence-electron chi connectivity index (χ4n) is 4.50. The van der Waals surface area contributed by atoms with Crippen molar-refractivity contribution in [2.45, 2.75) is 33.7 Å². The summed E-state index contributed by atoms with van der Waals surface area (Å²) < 4.78 is 7.75. The van der Waals surface area contributed by atoms with Crippen LogP contribution in [0.15, 0.2) is 61.1 Å². The first-order valence-corrected chi connectivity index (χ1v) is 14.3. The molecule has 0 radical (unpaired) electrons. The molecule has 0 bridgehead atoms. The number of amides is 1. The number of fused-ring (bicyclic) bond motifs is 1. The first-order valence-electron chi connectivity index (χ1n) is 14.3. The molecule has 1 unspecified atom stereocenters. The average molecular weight is 571 g/mol. The van der Waals surface area contributed by atoms with Crippen molar-refractivity contribution in [2.75, 3.05) is 56.9 Å². The van der Waals surface area contributed by atoms with Crippen LogP contribution in [0.25, 0.3) is 22.2 Å². The molecule has 2 aromatic heterocycles. The molecular weight excluding hydrogens is 528 g/mol. The molecule has 2 heterocycles. The van der Waals surface area contributed by atoms with Crippen LogP contribution in [0.1, 0.15) is 27.2 Å². The van der Waals surface area contributed by atoms with Crippen molar-refractivity contribution in [3.8, 4) is 17.0 Å². The van der Waals surface area contributed by atoms with Crippen LogP contribution >= 0.6 is 0 Å². The van der Waals surface area contributed by atoms with Gasteiger partial charge in [0.15, 0.2) is 0 Å². The van der Waals surface area contributed by atoms with Crippen molar-refractivity contribution >= 4 is 39.7 Å². The number of nitrogens with zero attached hydrogens (tertiary/aromatic N) is 6. The van der Waals surface area contributed by atoms with Gasteiger partial charge in [-0.3, -0.25) is 9.48 Å². The molecule has 4 aromatic rings. The fourth-order valence-corrected chi connectivity index (χ4v) is 4.50. The summed E-state index contributed by atoms with van der Waals surface area (Å²) in [6.45, 7) is 8.70. The first kappa shape index (κ1) is 30.5. The van der Waals surface area contributed by atoms with Crippen molar-refractivity contribution in [3.05, 3.63) is 61.1 Å². The smallest absolute Gasteiger partial charge is 0.248 e. The van der Waals surface area contributed by atoms with Gasteiger partial charge in [-0.2, -0.15) is 5.10 Å². The summed E-state index contributed by atoms with van der Waals surface area (Å²) in [6, 6.07) is 11.9. The van der Waals surface area contributed by atoms with Gasteiger partial charge in [-0.15, -0.1) is 0 Å². The van der Waals surface area contributed by atoms with Gasteiger partial charge in [0.1, 0.15) is 17.9 Å². The molecule has 1 atom stereocenters.